The van der Waals surface area contributed by atoms with Gasteiger partial charge in [0.1, 0.15) is 5.75 Å². The zero-order valence-corrected chi connectivity index (χ0v) is 14.2. The molecule has 2 aromatic carbocycles. The smallest absolute Gasteiger partial charge is 0.269 e. The van der Waals surface area contributed by atoms with E-state index in [1.807, 2.05) is 37.3 Å². The Morgan fingerprint density at radius 2 is 2.00 bits per heavy atom. The number of fused-ring (bicyclic) bond motifs is 1. The molecule has 4 N–H and O–H groups in total. The lowest BCUT2D eigenvalue weighted by Crippen LogP contribution is -2.12. The van der Waals surface area contributed by atoms with E-state index in [0.717, 1.165) is 28.1 Å². The van der Waals surface area contributed by atoms with E-state index in [1.165, 1.54) is 0 Å². The fraction of sp³-hybridized carbons (Fsp3) is 0.125. The first-order chi connectivity index (χ1) is 12.1. The second-order valence-electron chi connectivity index (χ2n) is 4.98. The highest BCUT2D eigenvalue weighted by Crippen LogP contribution is 2.27. The van der Waals surface area contributed by atoms with Crippen molar-refractivity contribution in [3.05, 3.63) is 48.2 Å². The summed E-state index contributed by atoms with van der Waals surface area (Å²) in [6, 6.07) is 12.7. The van der Waals surface area contributed by atoms with Crippen LogP contribution in [0.5, 0.6) is 5.75 Å². The van der Waals surface area contributed by atoms with E-state index < -0.39 is 5.91 Å². The maximum absolute atomic E-state index is 11.7. The number of nitrogens with two attached hydrogens (primary N) is 2. The van der Waals surface area contributed by atoms with Gasteiger partial charge in [-0.05, 0) is 43.3 Å². The van der Waals surface area contributed by atoms with Gasteiger partial charge in [-0.3, -0.25) is 4.79 Å². The molecule has 0 saturated carbocycles. The summed E-state index contributed by atoms with van der Waals surface area (Å²) in [5.41, 5.74) is 7.14. The van der Waals surface area contributed by atoms with Gasteiger partial charge < -0.3 is 10.5 Å². The number of primary amides is 1. The van der Waals surface area contributed by atoms with Gasteiger partial charge in [-0.15, -0.1) is 9.32 Å². The van der Waals surface area contributed by atoms with E-state index in [1.54, 1.807) is 16.8 Å². The SMILES string of the molecule is CCOc1ccc2c(C(N)=O)nn(-c3ccc(SOON)cc3)c2c1. The Labute approximate surface area is 147 Å². The molecule has 0 aliphatic rings. The van der Waals surface area contributed by atoms with Crippen molar-refractivity contribution in [1.29, 1.82) is 0 Å². The van der Waals surface area contributed by atoms with Crippen molar-refractivity contribution >= 4 is 28.9 Å². The summed E-state index contributed by atoms with van der Waals surface area (Å²) in [4.78, 5) is 16.6. The summed E-state index contributed by atoms with van der Waals surface area (Å²) in [5, 5.41) is 5.02. The summed E-state index contributed by atoms with van der Waals surface area (Å²) in [7, 11) is 0. The fourth-order valence-corrected chi connectivity index (χ4v) is 2.80. The van der Waals surface area contributed by atoms with Crippen molar-refractivity contribution in [2.24, 2.45) is 11.6 Å². The lowest BCUT2D eigenvalue weighted by atomic mass is 10.2. The summed E-state index contributed by atoms with van der Waals surface area (Å²) >= 11 is 0.976. The van der Waals surface area contributed by atoms with Crippen LogP contribution in [-0.2, 0) is 9.32 Å². The summed E-state index contributed by atoms with van der Waals surface area (Å²) in [5.74, 6) is 4.92. The van der Waals surface area contributed by atoms with Gasteiger partial charge in [0, 0.05) is 16.3 Å². The van der Waals surface area contributed by atoms with Gasteiger partial charge in [0.05, 0.1) is 29.9 Å². The minimum absolute atomic E-state index is 0.205. The number of carbonyl (C=O) groups excluding carboxylic acids is 1. The number of nitrogens with zero attached hydrogens (tertiary/aromatic N) is 2. The molecule has 0 aliphatic heterocycles. The average molecular weight is 360 g/mol. The molecule has 3 rings (SSSR count). The Morgan fingerprint density at radius 3 is 2.64 bits per heavy atom. The highest BCUT2D eigenvalue weighted by Gasteiger charge is 2.16. The zero-order chi connectivity index (χ0) is 17.8. The molecule has 0 fully saturated rings. The molecule has 0 aliphatic carbocycles. The van der Waals surface area contributed by atoms with Gasteiger partial charge >= 0.3 is 0 Å². The fourth-order valence-electron chi connectivity index (χ4n) is 2.43. The molecule has 0 saturated heterocycles. The largest absolute Gasteiger partial charge is 0.494 e. The molecule has 0 bridgehead atoms. The van der Waals surface area contributed by atoms with Gasteiger partial charge in [-0.25, -0.2) is 4.68 Å². The molecule has 8 nitrogen and oxygen atoms in total. The van der Waals surface area contributed by atoms with Crippen LogP contribution in [-0.4, -0.2) is 22.3 Å². The molecule has 0 unspecified atom stereocenters. The van der Waals surface area contributed by atoms with Crippen molar-refractivity contribution in [1.82, 2.24) is 9.78 Å². The van der Waals surface area contributed by atoms with Crippen LogP contribution < -0.4 is 16.4 Å². The van der Waals surface area contributed by atoms with E-state index in [9.17, 15) is 4.79 Å². The summed E-state index contributed by atoms with van der Waals surface area (Å²) in [6.07, 6.45) is 0. The van der Waals surface area contributed by atoms with Crippen molar-refractivity contribution in [2.75, 3.05) is 6.61 Å². The number of carbonyl (C=O) groups is 1. The first-order valence-corrected chi connectivity index (χ1v) is 8.14. The van der Waals surface area contributed by atoms with Gasteiger partial charge in [0.15, 0.2) is 5.69 Å². The Hall–Kier alpha value is -2.59. The van der Waals surface area contributed by atoms with E-state index in [-0.39, 0.29) is 5.69 Å². The average Bonchev–Trinajstić information content (AvgIpc) is 3.00. The number of aromatic nitrogens is 2. The van der Waals surface area contributed by atoms with Crippen molar-refractivity contribution in [2.45, 2.75) is 11.8 Å². The van der Waals surface area contributed by atoms with Crippen molar-refractivity contribution in [3.63, 3.8) is 0 Å². The Morgan fingerprint density at radius 1 is 1.24 bits per heavy atom. The highest BCUT2D eigenvalue weighted by atomic mass is 32.2. The quantitative estimate of drug-likeness (QED) is 0.377. The molecule has 3 aromatic rings. The Bertz CT molecular complexity index is 895. The third-order valence-corrected chi connectivity index (χ3v) is 4.06. The number of rotatable bonds is 7. The van der Waals surface area contributed by atoms with Crippen molar-refractivity contribution in [3.8, 4) is 11.4 Å². The van der Waals surface area contributed by atoms with Crippen LogP contribution >= 0.6 is 12.0 Å². The van der Waals surface area contributed by atoms with Crippen LogP contribution in [0.4, 0.5) is 0 Å². The van der Waals surface area contributed by atoms with Gasteiger partial charge in [0.25, 0.3) is 5.91 Å². The molecular formula is C16H16N4O4S. The van der Waals surface area contributed by atoms with Crippen LogP contribution in [0.15, 0.2) is 47.4 Å². The Kier molecular flexibility index (Phi) is 5.19. The first-order valence-electron chi connectivity index (χ1n) is 7.40. The number of benzene rings is 2. The lowest BCUT2D eigenvalue weighted by Gasteiger charge is -2.06. The minimum Gasteiger partial charge on any atom is -0.494 e. The second kappa shape index (κ2) is 7.53. The van der Waals surface area contributed by atoms with Crippen LogP contribution in [0.3, 0.4) is 0 Å². The monoisotopic (exact) mass is 360 g/mol. The minimum atomic E-state index is -0.589. The maximum atomic E-state index is 11.7. The molecule has 9 heteroatoms. The molecule has 0 atom stereocenters. The number of ether oxygens (including phenoxy) is 1. The first kappa shape index (κ1) is 17.2. The zero-order valence-electron chi connectivity index (χ0n) is 13.3. The predicted molar refractivity (Wildman–Crippen MR) is 93.0 cm³/mol. The summed E-state index contributed by atoms with van der Waals surface area (Å²) < 4.78 is 11.8. The van der Waals surface area contributed by atoms with E-state index >= 15 is 0 Å². The molecule has 1 aromatic heterocycles. The van der Waals surface area contributed by atoms with Gasteiger partial charge in [0.2, 0.25) is 0 Å². The molecule has 1 heterocycles. The topological polar surface area (TPSA) is 115 Å². The molecule has 1 amide bonds. The van der Waals surface area contributed by atoms with Crippen LogP contribution in [0.2, 0.25) is 0 Å². The molecule has 0 radical (unpaired) electrons. The highest BCUT2D eigenvalue weighted by molar-refractivity contribution is 7.94. The second-order valence-corrected chi connectivity index (χ2v) is 5.75. The van der Waals surface area contributed by atoms with E-state index in [4.69, 9.17) is 16.4 Å². The third-order valence-electron chi connectivity index (χ3n) is 3.45. The summed E-state index contributed by atoms with van der Waals surface area (Å²) in [6.45, 7) is 2.44. The number of amides is 1. The third kappa shape index (κ3) is 3.59. The number of hydrogen-bond donors (Lipinski definition) is 2. The van der Waals surface area contributed by atoms with E-state index in [0.29, 0.717) is 17.7 Å². The lowest BCUT2D eigenvalue weighted by molar-refractivity contribution is -0.195. The predicted octanol–water partition coefficient (Wildman–Crippen LogP) is 2.35. The van der Waals surface area contributed by atoms with Crippen LogP contribution in [0.25, 0.3) is 16.6 Å². The number of hydrogen-bond acceptors (Lipinski definition) is 7. The normalized spacial score (nSPS) is 11.0. The molecule has 0 spiro atoms. The van der Waals surface area contributed by atoms with Crippen molar-refractivity contribution < 1.29 is 18.9 Å². The van der Waals surface area contributed by atoms with E-state index in [2.05, 4.69) is 14.4 Å². The molecule has 130 valence electrons. The van der Waals surface area contributed by atoms with Gasteiger partial charge in [-0.1, -0.05) is 0 Å². The van der Waals surface area contributed by atoms with Gasteiger partial charge in [-0.2, -0.15) is 11.0 Å². The molecular weight excluding hydrogens is 344 g/mol. The maximum Gasteiger partial charge on any atom is 0.269 e. The Balaban J connectivity index is 2.07. The molecule has 25 heavy (non-hydrogen) atoms. The standard InChI is InChI=1S/C16H16N4O4S/c1-2-22-11-5-8-13-14(9-11)20(19-15(13)16(17)21)10-3-6-12(7-4-10)25-24-23-18/h3-9H,2,18H2,1H3,(H2,17,21). The van der Waals surface area contributed by atoms with Crippen LogP contribution in [0.1, 0.15) is 17.4 Å². The van der Waals surface area contributed by atoms with Crippen LogP contribution in [0, 0.1) is 0 Å².